The van der Waals surface area contributed by atoms with E-state index in [1.54, 1.807) is 54.6 Å². The van der Waals surface area contributed by atoms with E-state index in [-0.39, 0.29) is 22.4 Å². The van der Waals surface area contributed by atoms with Gasteiger partial charge in [-0.25, -0.2) is 4.90 Å². The van der Waals surface area contributed by atoms with Crippen LogP contribution in [0.3, 0.4) is 0 Å². The largest absolute Gasteiger partial charge is 0.322 e. The predicted molar refractivity (Wildman–Crippen MR) is 108 cm³/mol. The molecule has 0 saturated heterocycles. The summed E-state index contributed by atoms with van der Waals surface area (Å²) < 4.78 is 0. The molecule has 0 fully saturated rings. The van der Waals surface area contributed by atoms with Crippen molar-refractivity contribution >= 4 is 52.3 Å². The molecular formula is C21H12Cl2N2O3. The summed E-state index contributed by atoms with van der Waals surface area (Å²) in [4.78, 5) is 38.6. The van der Waals surface area contributed by atoms with Crippen LogP contribution in [0, 0.1) is 0 Å². The molecule has 0 aromatic heterocycles. The normalized spacial score (nSPS) is 12.9. The molecule has 0 aliphatic carbocycles. The number of benzene rings is 3. The molecule has 0 saturated carbocycles. The fraction of sp³-hybridized carbons (Fsp3) is 0. The number of amides is 3. The van der Waals surface area contributed by atoms with Crippen molar-refractivity contribution in [3.8, 4) is 0 Å². The van der Waals surface area contributed by atoms with Crippen LogP contribution in [0.5, 0.6) is 0 Å². The molecule has 0 unspecified atom stereocenters. The molecule has 3 aromatic carbocycles. The molecule has 1 heterocycles. The third-order valence-corrected chi connectivity index (χ3v) is 4.90. The maximum atomic E-state index is 12.5. The van der Waals surface area contributed by atoms with Gasteiger partial charge in [0.15, 0.2) is 0 Å². The van der Waals surface area contributed by atoms with E-state index in [0.717, 1.165) is 4.90 Å². The number of nitrogens with zero attached hydrogens (tertiary/aromatic N) is 1. The molecule has 0 bridgehead atoms. The van der Waals surface area contributed by atoms with E-state index in [9.17, 15) is 14.4 Å². The number of hydrogen-bond acceptors (Lipinski definition) is 3. The van der Waals surface area contributed by atoms with Crippen LogP contribution in [0.25, 0.3) is 0 Å². The van der Waals surface area contributed by atoms with E-state index < -0.39 is 5.91 Å². The summed E-state index contributed by atoms with van der Waals surface area (Å²) in [5.74, 6) is -1.13. The second-order valence-corrected chi connectivity index (χ2v) is 6.96. The lowest BCUT2D eigenvalue weighted by molar-refractivity contribution is 0.0924. The van der Waals surface area contributed by atoms with Gasteiger partial charge in [-0.15, -0.1) is 0 Å². The third-order valence-electron chi connectivity index (χ3n) is 4.35. The van der Waals surface area contributed by atoms with Crippen LogP contribution < -0.4 is 10.2 Å². The summed E-state index contributed by atoms with van der Waals surface area (Å²) in [6, 6.07) is 17.7. The highest BCUT2D eigenvalue weighted by atomic mass is 35.5. The van der Waals surface area contributed by atoms with Gasteiger partial charge >= 0.3 is 0 Å². The summed E-state index contributed by atoms with van der Waals surface area (Å²) in [6.45, 7) is 0. The zero-order valence-corrected chi connectivity index (χ0v) is 15.8. The highest BCUT2D eigenvalue weighted by Gasteiger charge is 2.36. The zero-order chi connectivity index (χ0) is 19.8. The molecule has 5 nitrogen and oxygen atoms in total. The van der Waals surface area contributed by atoms with Crippen molar-refractivity contribution in [1.82, 2.24) is 0 Å². The lowest BCUT2D eigenvalue weighted by Crippen LogP contribution is -2.29. The van der Waals surface area contributed by atoms with Gasteiger partial charge in [-0.1, -0.05) is 35.3 Å². The number of imide groups is 1. The van der Waals surface area contributed by atoms with Crippen molar-refractivity contribution < 1.29 is 14.4 Å². The molecule has 1 aliphatic heterocycles. The fourth-order valence-electron chi connectivity index (χ4n) is 2.99. The molecule has 4 rings (SSSR count). The molecule has 0 spiro atoms. The fourth-order valence-corrected chi connectivity index (χ4v) is 3.48. The van der Waals surface area contributed by atoms with E-state index in [2.05, 4.69) is 5.32 Å². The van der Waals surface area contributed by atoms with Gasteiger partial charge in [0.25, 0.3) is 17.7 Å². The Bertz CT molecular complexity index is 1090. The lowest BCUT2D eigenvalue weighted by atomic mass is 10.1. The van der Waals surface area contributed by atoms with Gasteiger partial charge in [0.05, 0.1) is 27.4 Å². The van der Waals surface area contributed by atoms with Crippen LogP contribution >= 0.6 is 23.2 Å². The Kier molecular flexibility index (Phi) is 4.63. The van der Waals surface area contributed by atoms with Gasteiger partial charge in [0.2, 0.25) is 0 Å². The maximum absolute atomic E-state index is 12.5. The van der Waals surface area contributed by atoms with E-state index >= 15 is 0 Å². The van der Waals surface area contributed by atoms with Crippen LogP contribution in [0.2, 0.25) is 10.0 Å². The Morgan fingerprint density at radius 1 is 0.821 bits per heavy atom. The summed E-state index contributed by atoms with van der Waals surface area (Å²) in [7, 11) is 0. The van der Waals surface area contributed by atoms with Crippen LogP contribution in [-0.2, 0) is 0 Å². The smallest absolute Gasteiger partial charge is 0.266 e. The summed E-state index contributed by atoms with van der Waals surface area (Å²) >= 11 is 11.9. The van der Waals surface area contributed by atoms with E-state index in [4.69, 9.17) is 23.2 Å². The first-order chi connectivity index (χ1) is 13.5. The van der Waals surface area contributed by atoms with Crippen molar-refractivity contribution in [3.63, 3.8) is 0 Å². The maximum Gasteiger partial charge on any atom is 0.266 e. The predicted octanol–water partition coefficient (Wildman–Crippen LogP) is 5.05. The standard InChI is InChI=1S/C21H12Cl2N2O3/c22-12-5-10-17(18(23)11-12)19(26)24-13-6-8-14(9-7-13)25-20(27)15-3-1-2-4-16(15)21(25)28/h1-11H,(H,24,26). The number of hydrogen-bond donors (Lipinski definition) is 1. The number of nitrogens with one attached hydrogen (secondary N) is 1. The Morgan fingerprint density at radius 2 is 1.43 bits per heavy atom. The summed E-state index contributed by atoms with van der Waals surface area (Å²) in [5.41, 5.74) is 1.96. The van der Waals surface area contributed by atoms with Crippen molar-refractivity contribution in [2.75, 3.05) is 10.2 Å². The van der Waals surface area contributed by atoms with E-state index in [1.165, 1.54) is 12.1 Å². The molecule has 138 valence electrons. The van der Waals surface area contributed by atoms with Crippen LogP contribution in [0.4, 0.5) is 11.4 Å². The first-order valence-corrected chi connectivity index (χ1v) is 9.05. The molecular weight excluding hydrogens is 399 g/mol. The molecule has 1 aliphatic rings. The average Bonchev–Trinajstić information content (AvgIpc) is 2.93. The van der Waals surface area contributed by atoms with Crippen LogP contribution in [-0.4, -0.2) is 17.7 Å². The molecule has 7 heteroatoms. The Morgan fingerprint density at radius 3 is 2.00 bits per heavy atom. The second-order valence-electron chi connectivity index (χ2n) is 6.12. The van der Waals surface area contributed by atoms with Gasteiger partial charge in [0, 0.05) is 10.7 Å². The average molecular weight is 411 g/mol. The third kappa shape index (κ3) is 3.15. The number of rotatable bonds is 3. The van der Waals surface area contributed by atoms with Gasteiger partial charge in [-0.05, 0) is 54.6 Å². The Balaban J connectivity index is 1.54. The van der Waals surface area contributed by atoms with Gasteiger partial charge in [0.1, 0.15) is 0 Å². The zero-order valence-electron chi connectivity index (χ0n) is 14.3. The van der Waals surface area contributed by atoms with Crippen LogP contribution in [0.15, 0.2) is 66.7 Å². The van der Waals surface area contributed by atoms with Crippen molar-refractivity contribution in [2.24, 2.45) is 0 Å². The Hall–Kier alpha value is -3.15. The number of carbonyl (C=O) groups excluding carboxylic acids is 3. The SMILES string of the molecule is O=C(Nc1ccc(N2C(=O)c3ccccc3C2=O)cc1)c1ccc(Cl)cc1Cl. The van der Waals surface area contributed by atoms with Crippen LogP contribution in [0.1, 0.15) is 31.1 Å². The van der Waals surface area contributed by atoms with Crippen molar-refractivity contribution in [2.45, 2.75) is 0 Å². The van der Waals surface area contributed by atoms with Crippen molar-refractivity contribution in [1.29, 1.82) is 0 Å². The molecule has 28 heavy (non-hydrogen) atoms. The van der Waals surface area contributed by atoms with Gasteiger partial charge in [-0.2, -0.15) is 0 Å². The topological polar surface area (TPSA) is 66.5 Å². The second kappa shape index (κ2) is 7.11. The minimum absolute atomic E-state index is 0.243. The molecule has 1 N–H and O–H groups in total. The molecule has 3 amide bonds. The van der Waals surface area contributed by atoms with Crippen molar-refractivity contribution in [3.05, 3.63) is 93.5 Å². The Labute approximate surface area is 170 Å². The highest BCUT2D eigenvalue weighted by molar-refractivity contribution is 6.37. The van der Waals surface area contributed by atoms with Gasteiger partial charge in [-0.3, -0.25) is 14.4 Å². The number of halogens is 2. The first kappa shape index (κ1) is 18.2. The number of fused-ring (bicyclic) bond motifs is 1. The monoisotopic (exact) mass is 410 g/mol. The molecule has 0 atom stereocenters. The molecule has 0 radical (unpaired) electrons. The first-order valence-electron chi connectivity index (χ1n) is 8.30. The molecule has 3 aromatic rings. The quantitative estimate of drug-likeness (QED) is 0.614. The number of anilines is 2. The summed E-state index contributed by atoms with van der Waals surface area (Å²) in [5, 5.41) is 3.40. The number of carbonyl (C=O) groups is 3. The highest BCUT2D eigenvalue weighted by Crippen LogP contribution is 2.29. The van der Waals surface area contributed by atoms with E-state index in [1.807, 2.05) is 0 Å². The minimum Gasteiger partial charge on any atom is -0.322 e. The lowest BCUT2D eigenvalue weighted by Gasteiger charge is -2.14. The minimum atomic E-state index is -0.393. The summed E-state index contributed by atoms with van der Waals surface area (Å²) in [6.07, 6.45) is 0. The van der Waals surface area contributed by atoms with E-state index in [0.29, 0.717) is 27.5 Å². The van der Waals surface area contributed by atoms with Gasteiger partial charge < -0.3 is 5.32 Å².